The molecule has 2 nitrogen and oxygen atoms in total. The molecule has 1 unspecified atom stereocenters. The van der Waals surface area contributed by atoms with E-state index in [9.17, 15) is 0 Å². The van der Waals surface area contributed by atoms with Crippen molar-refractivity contribution in [1.29, 1.82) is 0 Å². The van der Waals surface area contributed by atoms with Gasteiger partial charge >= 0.3 is 0 Å². The quantitative estimate of drug-likeness (QED) is 0.779. The summed E-state index contributed by atoms with van der Waals surface area (Å²) in [7, 11) is 0. The minimum atomic E-state index is 0.192. The molecule has 0 bridgehead atoms. The third-order valence-electron chi connectivity index (χ3n) is 3.93. The summed E-state index contributed by atoms with van der Waals surface area (Å²) in [6.07, 6.45) is 6.89. The highest BCUT2D eigenvalue weighted by atomic mass is 79.9. The van der Waals surface area contributed by atoms with Gasteiger partial charge in [0.1, 0.15) is 0 Å². The predicted molar refractivity (Wildman–Crippen MR) is 81.2 cm³/mol. The Hall–Kier alpha value is -0.380. The molecule has 0 spiro atoms. The molecule has 0 heterocycles. The maximum Gasteiger partial charge on any atom is 0.0949 e. The first-order valence-electron chi connectivity index (χ1n) is 7.42. The molecule has 104 valence electrons. The van der Waals surface area contributed by atoms with Crippen LogP contribution in [0.15, 0.2) is 28.7 Å². The first-order valence-corrected chi connectivity index (χ1v) is 8.21. The second-order valence-electron chi connectivity index (χ2n) is 5.83. The highest BCUT2D eigenvalue weighted by Gasteiger charge is 2.24. The van der Waals surface area contributed by atoms with Crippen molar-refractivity contribution in [2.75, 3.05) is 13.2 Å². The molecule has 3 heteroatoms. The van der Waals surface area contributed by atoms with Gasteiger partial charge in [0, 0.05) is 23.7 Å². The summed E-state index contributed by atoms with van der Waals surface area (Å²) in [5.41, 5.74) is 1.28. The Labute approximate surface area is 124 Å². The number of hydrogen-bond acceptors (Lipinski definition) is 2. The minimum absolute atomic E-state index is 0.192. The van der Waals surface area contributed by atoms with Crippen LogP contribution in [0.2, 0.25) is 0 Å². The van der Waals surface area contributed by atoms with Crippen LogP contribution in [0.25, 0.3) is 0 Å². The van der Waals surface area contributed by atoms with E-state index in [1.54, 1.807) is 0 Å². The number of nitrogens with one attached hydrogen (secondary N) is 1. The molecule has 1 N–H and O–H groups in total. The largest absolute Gasteiger partial charge is 0.372 e. The van der Waals surface area contributed by atoms with Crippen LogP contribution in [-0.4, -0.2) is 19.2 Å². The number of halogens is 1. The fourth-order valence-electron chi connectivity index (χ4n) is 2.32. The van der Waals surface area contributed by atoms with Crippen molar-refractivity contribution < 1.29 is 4.74 Å². The molecule has 1 aromatic rings. The van der Waals surface area contributed by atoms with Gasteiger partial charge in [0.15, 0.2) is 0 Å². The monoisotopic (exact) mass is 323 g/mol. The third-order valence-corrected chi connectivity index (χ3v) is 4.43. The van der Waals surface area contributed by atoms with Crippen LogP contribution in [-0.2, 0) is 4.74 Å². The molecule has 2 aliphatic rings. The maximum atomic E-state index is 6.13. The van der Waals surface area contributed by atoms with Gasteiger partial charge in [0.2, 0.25) is 0 Å². The molecule has 1 aromatic carbocycles. The van der Waals surface area contributed by atoms with Crippen molar-refractivity contribution in [2.45, 2.75) is 44.2 Å². The molecule has 1 atom stereocenters. The zero-order valence-electron chi connectivity index (χ0n) is 11.3. The van der Waals surface area contributed by atoms with Gasteiger partial charge in [0.25, 0.3) is 0 Å². The molecule has 0 radical (unpaired) electrons. The van der Waals surface area contributed by atoms with Crippen LogP contribution in [0.3, 0.4) is 0 Å². The van der Waals surface area contributed by atoms with Crippen molar-refractivity contribution in [2.24, 2.45) is 5.92 Å². The molecule has 3 rings (SSSR count). The van der Waals surface area contributed by atoms with Crippen LogP contribution in [0, 0.1) is 5.92 Å². The van der Waals surface area contributed by atoms with E-state index in [1.807, 2.05) is 0 Å². The highest BCUT2D eigenvalue weighted by molar-refractivity contribution is 9.10. The van der Waals surface area contributed by atoms with Gasteiger partial charge in [0.05, 0.1) is 6.10 Å². The Morgan fingerprint density at radius 1 is 1.26 bits per heavy atom. The van der Waals surface area contributed by atoms with E-state index < -0.39 is 0 Å². The molecule has 0 aliphatic heterocycles. The lowest BCUT2D eigenvalue weighted by Gasteiger charge is -2.19. The Balaban J connectivity index is 1.55. The van der Waals surface area contributed by atoms with Gasteiger partial charge in [-0.1, -0.05) is 40.9 Å². The fourth-order valence-corrected chi connectivity index (χ4v) is 2.74. The normalized spacial score (nSPS) is 20.5. The van der Waals surface area contributed by atoms with Crippen molar-refractivity contribution in [3.05, 3.63) is 34.3 Å². The van der Waals surface area contributed by atoms with Gasteiger partial charge in [-0.2, -0.15) is 0 Å². The van der Waals surface area contributed by atoms with Crippen molar-refractivity contribution in [3.63, 3.8) is 0 Å². The molecule has 2 fully saturated rings. The van der Waals surface area contributed by atoms with Gasteiger partial charge in [-0.05, 0) is 42.9 Å². The summed E-state index contributed by atoms with van der Waals surface area (Å²) < 4.78 is 7.26. The van der Waals surface area contributed by atoms with Crippen LogP contribution in [0.5, 0.6) is 0 Å². The summed E-state index contributed by atoms with van der Waals surface area (Å²) in [5, 5.41) is 3.59. The number of hydrogen-bond donors (Lipinski definition) is 1. The molecule has 0 saturated heterocycles. The van der Waals surface area contributed by atoms with Crippen molar-refractivity contribution in [1.82, 2.24) is 5.32 Å². The van der Waals surface area contributed by atoms with Crippen LogP contribution in [0.4, 0.5) is 0 Å². The summed E-state index contributed by atoms with van der Waals surface area (Å²) in [6, 6.07) is 9.24. The van der Waals surface area contributed by atoms with Gasteiger partial charge in [-0.15, -0.1) is 0 Å². The van der Waals surface area contributed by atoms with E-state index >= 15 is 0 Å². The van der Waals surface area contributed by atoms with Crippen molar-refractivity contribution >= 4 is 15.9 Å². The predicted octanol–water partition coefficient (Wildman–Crippen LogP) is 4.06. The Morgan fingerprint density at radius 2 is 2.11 bits per heavy atom. The van der Waals surface area contributed by atoms with E-state index in [4.69, 9.17) is 4.74 Å². The average molecular weight is 324 g/mol. The zero-order valence-corrected chi connectivity index (χ0v) is 12.9. The Bertz CT molecular complexity index is 415. The van der Waals surface area contributed by atoms with E-state index in [1.165, 1.54) is 37.7 Å². The topological polar surface area (TPSA) is 21.3 Å². The summed E-state index contributed by atoms with van der Waals surface area (Å²) in [4.78, 5) is 0. The lowest BCUT2D eigenvalue weighted by Crippen LogP contribution is -2.25. The molecule has 2 aliphatic carbocycles. The number of benzene rings is 1. The van der Waals surface area contributed by atoms with Crippen molar-refractivity contribution in [3.8, 4) is 0 Å². The van der Waals surface area contributed by atoms with Gasteiger partial charge < -0.3 is 10.1 Å². The lowest BCUT2D eigenvalue weighted by molar-refractivity contribution is 0.0483. The number of rotatable bonds is 8. The van der Waals surface area contributed by atoms with E-state index in [2.05, 4.69) is 45.5 Å². The fraction of sp³-hybridized carbons (Fsp3) is 0.625. The summed E-state index contributed by atoms with van der Waals surface area (Å²) in [6.45, 7) is 1.83. The van der Waals surface area contributed by atoms with Crippen LogP contribution < -0.4 is 5.32 Å². The molecule has 2 saturated carbocycles. The maximum absolute atomic E-state index is 6.13. The molecular formula is C16H22BrNO. The standard InChI is InChI=1S/C16H22BrNO/c17-14-3-1-2-13(10-14)16(11-18-15-6-7-15)19-9-8-12-4-5-12/h1-3,10,12,15-16,18H,4-9,11H2. The highest BCUT2D eigenvalue weighted by Crippen LogP contribution is 2.33. The summed E-state index contributed by atoms with van der Waals surface area (Å²) >= 11 is 3.55. The lowest BCUT2D eigenvalue weighted by atomic mass is 10.1. The first kappa shape index (κ1) is 13.6. The Kier molecular flexibility index (Phi) is 4.57. The van der Waals surface area contributed by atoms with Gasteiger partial charge in [-0.25, -0.2) is 0 Å². The molecule has 0 amide bonds. The van der Waals surface area contributed by atoms with E-state index in [0.29, 0.717) is 0 Å². The van der Waals surface area contributed by atoms with E-state index in [-0.39, 0.29) is 6.10 Å². The van der Waals surface area contributed by atoms with Crippen LogP contribution >= 0.6 is 15.9 Å². The average Bonchev–Trinajstić information content (AvgIpc) is 3.26. The smallest absolute Gasteiger partial charge is 0.0949 e. The second kappa shape index (κ2) is 6.38. The third kappa shape index (κ3) is 4.59. The Morgan fingerprint density at radius 3 is 2.79 bits per heavy atom. The number of ether oxygens (including phenoxy) is 1. The van der Waals surface area contributed by atoms with E-state index in [0.717, 1.165) is 29.6 Å². The molecular weight excluding hydrogens is 302 g/mol. The first-order chi connectivity index (χ1) is 9.31. The summed E-state index contributed by atoms with van der Waals surface area (Å²) in [5.74, 6) is 0.944. The zero-order chi connectivity index (χ0) is 13.1. The second-order valence-corrected chi connectivity index (χ2v) is 6.74. The molecule has 0 aromatic heterocycles. The van der Waals surface area contributed by atoms with Gasteiger partial charge in [-0.3, -0.25) is 0 Å². The van der Waals surface area contributed by atoms with Crippen LogP contribution in [0.1, 0.15) is 43.8 Å². The minimum Gasteiger partial charge on any atom is -0.372 e. The molecule has 19 heavy (non-hydrogen) atoms. The SMILES string of the molecule is Brc1cccc(C(CNC2CC2)OCCC2CC2)c1.